The van der Waals surface area contributed by atoms with E-state index in [4.69, 9.17) is 4.84 Å². The predicted molar refractivity (Wildman–Crippen MR) is 67.1 cm³/mol. The van der Waals surface area contributed by atoms with Crippen LogP contribution < -0.4 is 5.48 Å². The number of benzene rings is 1. The highest BCUT2D eigenvalue weighted by molar-refractivity contribution is 5.21. The molecule has 1 saturated heterocycles. The fourth-order valence-corrected chi connectivity index (χ4v) is 1.37. The van der Waals surface area contributed by atoms with Gasteiger partial charge in [-0.2, -0.15) is 5.48 Å². The smallest absolute Gasteiger partial charge is 0.128 e. The molecule has 98 valence electrons. The number of hydroxylamine groups is 1. The molecule has 0 saturated carbocycles. The molecule has 1 heterocycles. The van der Waals surface area contributed by atoms with Crippen LogP contribution in [0.2, 0.25) is 0 Å². The number of rotatable bonds is 1. The first-order valence-electron chi connectivity index (χ1n) is 5.81. The molecule has 17 heavy (non-hydrogen) atoms. The minimum atomic E-state index is -0.166. The van der Waals surface area contributed by atoms with Crippen LogP contribution in [0.3, 0.4) is 0 Å². The summed E-state index contributed by atoms with van der Waals surface area (Å²) in [5.74, 6) is -0.166. The average molecular weight is 243 g/mol. The van der Waals surface area contributed by atoms with Gasteiger partial charge < -0.3 is 9.57 Å². The second kappa shape index (κ2) is 10.2. The number of hydrogen-bond donors (Lipinski definition) is 1. The SMILES string of the molecule is CC.COC.Fc1ccccc1C1CCON1. The van der Waals surface area contributed by atoms with Crippen LogP contribution in [0.15, 0.2) is 24.3 Å². The summed E-state index contributed by atoms with van der Waals surface area (Å²) in [7, 11) is 3.25. The standard InChI is InChI=1S/C9H10FNO.C2H6O.C2H6/c10-8-4-2-1-3-7(8)9-5-6-12-11-9;1-3-2;1-2/h1-4,9,11H,5-6H2;1-2H3;1-2H3. The van der Waals surface area contributed by atoms with E-state index in [9.17, 15) is 4.39 Å². The van der Waals surface area contributed by atoms with Crippen molar-refractivity contribution >= 4 is 0 Å². The van der Waals surface area contributed by atoms with Crippen molar-refractivity contribution in [2.45, 2.75) is 26.3 Å². The third-order valence-corrected chi connectivity index (χ3v) is 2.01. The van der Waals surface area contributed by atoms with E-state index in [0.717, 1.165) is 6.42 Å². The Balaban J connectivity index is 0.000000450. The van der Waals surface area contributed by atoms with Crippen LogP contribution in [0.5, 0.6) is 0 Å². The second-order valence-corrected chi connectivity index (χ2v) is 3.24. The molecule has 1 atom stereocenters. The molecule has 1 aromatic carbocycles. The first-order chi connectivity index (χ1) is 8.29. The van der Waals surface area contributed by atoms with Crippen LogP contribution in [-0.2, 0) is 9.57 Å². The lowest BCUT2D eigenvalue weighted by atomic mass is 10.1. The highest BCUT2D eigenvalue weighted by Gasteiger charge is 2.19. The first kappa shape index (κ1) is 16.0. The Bertz CT molecular complexity index is 289. The number of methoxy groups -OCH3 is 1. The zero-order chi connectivity index (χ0) is 13.1. The zero-order valence-corrected chi connectivity index (χ0v) is 11.0. The maximum absolute atomic E-state index is 13.1. The van der Waals surface area contributed by atoms with Crippen LogP contribution in [-0.4, -0.2) is 20.8 Å². The predicted octanol–water partition coefficient (Wildman–Crippen LogP) is 3.08. The van der Waals surface area contributed by atoms with E-state index >= 15 is 0 Å². The topological polar surface area (TPSA) is 30.5 Å². The molecule has 1 fully saturated rings. The van der Waals surface area contributed by atoms with Gasteiger partial charge in [-0.05, 0) is 12.5 Å². The summed E-state index contributed by atoms with van der Waals surface area (Å²) >= 11 is 0. The fraction of sp³-hybridized carbons (Fsp3) is 0.538. The van der Waals surface area contributed by atoms with E-state index in [2.05, 4.69) is 10.2 Å². The summed E-state index contributed by atoms with van der Waals surface area (Å²) in [5, 5.41) is 0. The Morgan fingerprint density at radius 2 is 1.88 bits per heavy atom. The van der Waals surface area contributed by atoms with Gasteiger partial charge >= 0.3 is 0 Å². The van der Waals surface area contributed by atoms with E-state index < -0.39 is 0 Å². The van der Waals surface area contributed by atoms with Gasteiger partial charge in [-0.15, -0.1) is 0 Å². The Labute approximate surface area is 103 Å². The molecule has 0 aromatic heterocycles. The van der Waals surface area contributed by atoms with Gasteiger partial charge in [0.1, 0.15) is 5.82 Å². The summed E-state index contributed by atoms with van der Waals surface area (Å²) in [5.41, 5.74) is 3.46. The Morgan fingerprint density at radius 3 is 2.35 bits per heavy atom. The van der Waals surface area contributed by atoms with Gasteiger partial charge in [0.25, 0.3) is 0 Å². The van der Waals surface area contributed by atoms with Crippen molar-refractivity contribution in [2.24, 2.45) is 0 Å². The van der Waals surface area contributed by atoms with Crippen LogP contribution in [0.25, 0.3) is 0 Å². The molecule has 1 aliphatic heterocycles. The molecular weight excluding hydrogens is 221 g/mol. The van der Waals surface area contributed by atoms with Crippen molar-refractivity contribution in [3.05, 3.63) is 35.6 Å². The normalized spacial score (nSPS) is 17.6. The lowest BCUT2D eigenvalue weighted by molar-refractivity contribution is 0.0877. The summed E-state index contributed by atoms with van der Waals surface area (Å²) in [6.45, 7) is 4.65. The third-order valence-electron chi connectivity index (χ3n) is 2.01. The van der Waals surface area contributed by atoms with Crippen molar-refractivity contribution in [1.82, 2.24) is 5.48 Å². The highest BCUT2D eigenvalue weighted by Crippen LogP contribution is 2.22. The minimum Gasteiger partial charge on any atom is -0.388 e. The zero-order valence-electron chi connectivity index (χ0n) is 11.0. The summed E-state index contributed by atoms with van der Waals surface area (Å²) < 4.78 is 17.4. The third kappa shape index (κ3) is 5.77. The van der Waals surface area contributed by atoms with Crippen molar-refractivity contribution in [2.75, 3.05) is 20.8 Å². The molecule has 0 radical (unpaired) electrons. The lowest BCUT2D eigenvalue weighted by Crippen LogP contribution is -2.12. The first-order valence-corrected chi connectivity index (χ1v) is 5.81. The molecule has 4 heteroatoms. The Kier molecular flexibility index (Phi) is 9.62. The van der Waals surface area contributed by atoms with E-state index in [0.29, 0.717) is 12.2 Å². The molecule has 1 unspecified atom stereocenters. The maximum atomic E-state index is 13.1. The largest absolute Gasteiger partial charge is 0.388 e. The highest BCUT2D eigenvalue weighted by atomic mass is 19.1. The van der Waals surface area contributed by atoms with Gasteiger partial charge in [0.05, 0.1) is 12.6 Å². The Morgan fingerprint density at radius 1 is 1.29 bits per heavy atom. The van der Waals surface area contributed by atoms with Crippen molar-refractivity contribution in [3.63, 3.8) is 0 Å². The number of hydrogen-bond acceptors (Lipinski definition) is 3. The van der Waals surface area contributed by atoms with Gasteiger partial charge in [-0.3, -0.25) is 0 Å². The molecule has 1 aliphatic rings. The van der Waals surface area contributed by atoms with Crippen LogP contribution in [0, 0.1) is 5.82 Å². The van der Waals surface area contributed by atoms with Crippen LogP contribution in [0.4, 0.5) is 4.39 Å². The van der Waals surface area contributed by atoms with Gasteiger partial charge in [0.15, 0.2) is 0 Å². The van der Waals surface area contributed by atoms with E-state index in [-0.39, 0.29) is 11.9 Å². The molecular formula is C13H22FNO2. The van der Waals surface area contributed by atoms with Crippen molar-refractivity contribution in [1.29, 1.82) is 0 Å². The van der Waals surface area contributed by atoms with Crippen molar-refractivity contribution < 1.29 is 14.0 Å². The monoisotopic (exact) mass is 243 g/mol. The molecule has 2 rings (SSSR count). The summed E-state index contributed by atoms with van der Waals surface area (Å²) in [4.78, 5) is 4.95. The maximum Gasteiger partial charge on any atom is 0.128 e. The van der Waals surface area contributed by atoms with E-state index in [1.165, 1.54) is 6.07 Å². The average Bonchev–Trinajstić information content (AvgIpc) is 2.87. The molecule has 0 aliphatic carbocycles. The molecule has 0 bridgehead atoms. The van der Waals surface area contributed by atoms with Gasteiger partial charge in [-0.1, -0.05) is 32.0 Å². The van der Waals surface area contributed by atoms with Gasteiger partial charge in [0.2, 0.25) is 0 Å². The molecule has 0 amide bonds. The lowest BCUT2D eigenvalue weighted by Gasteiger charge is -2.08. The molecule has 3 nitrogen and oxygen atoms in total. The number of ether oxygens (including phenoxy) is 1. The van der Waals surface area contributed by atoms with Gasteiger partial charge in [-0.25, -0.2) is 4.39 Å². The number of nitrogens with one attached hydrogen (secondary N) is 1. The molecule has 0 spiro atoms. The minimum absolute atomic E-state index is 0.0196. The Hall–Kier alpha value is -0.970. The molecule has 1 aromatic rings. The van der Waals surface area contributed by atoms with E-state index in [1.54, 1.807) is 26.4 Å². The second-order valence-electron chi connectivity index (χ2n) is 3.24. The van der Waals surface area contributed by atoms with Crippen LogP contribution >= 0.6 is 0 Å². The summed E-state index contributed by atoms with van der Waals surface area (Å²) in [6.07, 6.45) is 0.834. The van der Waals surface area contributed by atoms with Gasteiger partial charge in [0, 0.05) is 19.8 Å². The van der Waals surface area contributed by atoms with Crippen LogP contribution in [0.1, 0.15) is 31.9 Å². The number of halogens is 1. The summed E-state index contributed by atoms with van der Waals surface area (Å²) in [6, 6.07) is 6.79. The van der Waals surface area contributed by atoms with Crippen molar-refractivity contribution in [3.8, 4) is 0 Å². The van der Waals surface area contributed by atoms with E-state index in [1.807, 2.05) is 19.9 Å². The quantitative estimate of drug-likeness (QED) is 0.822. The fourth-order valence-electron chi connectivity index (χ4n) is 1.37. The molecule has 1 N–H and O–H groups in total.